The third-order valence-electron chi connectivity index (χ3n) is 9.84. The van der Waals surface area contributed by atoms with Gasteiger partial charge in [0.15, 0.2) is 0 Å². The van der Waals surface area contributed by atoms with Gasteiger partial charge >= 0.3 is 0 Å². The predicted octanol–water partition coefficient (Wildman–Crippen LogP) is 6.11. The van der Waals surface area contributed by atoms with Gasteiger partial charge in [-0.05, 0) is 58.3 Å². The summed E-state index contributed by atoms with van der Waals surface area (Å²) in [6.07, 6.45) is 6.00. The molecule has 0 radical (unpaired) electrons. The highest BCUT2D eigenvalue weighted by Crippen LogP contribution is 2.84. The zero-order chi connectivity index (χ0) is 16.7. The topological polar surface area (TPSA) is 0 Å². The van der Waals surface area contributed by atoms with Gasteiger partial charge in [-0.15, -0.1) is 12.3 Å². The lowest BCUT2D eigenvalue weighted by Crippen LogP contribution is -2.68. The van der Waals surface area contributed by atoms with Crippen LogP contribution in [0, 0.1) is 51.2 Å². The van der Waals surface area contributed by atoms with Crippen LogP contribution in [0.2, 0.25) is 0 Å². The Morgan fingerprint density at radius 1 is 1.05 bits per heavy atom. The van der Waals surface area contributed by atoms with Gasteiger partial charge in [0.2, 0.25) is 0 Å². The fourth-order valence-electron chi connectivity index (χ4n) is 8.16. The van der Waals surface area contributed by atoms with E-state index in [1.54, 1.807) is 0 Å². The lowest BCUT2D eigenvalue weighted by atomic mass is 9.30. The van der Waals surface area contributed by atoms with Crippen molar-refractivity contribution >= 4 is 0 Å². The summed E-state index contributed by atoms with van der Waals surface area (Å²) in [7, 11) is 0. The highest BCUT2D eigenvalue weighted by Gasteiger charge is 2.80. The van der Waals surface area contributed by atoms with Gasteiger partial charge in [0.1, 0.15) is 0 Å². The molecular weight excluding hydrogens is 264 g/mol. The van der Waals surface area contributed by atoms with Gasteiger partial charge in [-0.3, -0.25) is 0 Å². The SMILES string of the molecule is C=C=CC12C(C)CC1(C)C(C)C1(C)C(C)C2C(C)C1(C)C=C. The molecule has 0 heterocycles. The van der Waals surface area contributed by atoms with Crippen molar-refractivity contribution in [1.29, 1.82) is 0 Å². The lowest BCUT2D eigenvalue weighted by Gasteiger charge is -2.73. The summed E-state index contributed by atoms with van der Waals surface area (Å²) in [5, 5.41) is 0. The van der Waals surface area contributed by atoms with E-state index in [2.05, 4.69) is 79.5 Å². The first-order chi connectivity index (χ1) is 10.1. The summed E-state index contributed by atoms with van der Waals surface area (Å²) in [6.45, 7) is 25.8. The van der Waals surface area contributed by atoms with E-state index in [-0.39, 0.29) is 10.8 Å². The van der Waals surface area contributed by atoms with Crippen LogP contribution in [-0.2, 0) is 0 Å². The minimum Gasteiger partial charge on any atom is -0.132 e. The molecule has 3 aliphatic carbocycles. The first-order valence-electron chi connectivity index (χ1n) is 9.10. The van der Waals surface area contributed by atoms with E-state index in [0.717, 1.165) is 5.92 Å². The molecule has 0 spiro atoms. The molecule has 3 fully saturated rings. The third kappa shape index (κ3) is 1.20. The Bertz CT molecular complexity index is 567. The molecule has 0 aromatic heterocycles. The number of fused-ring (bicyclic) bond motifs is 4. The Kier molecular flexibility index (Phi) is 3.09. The maximum Gasteiger partial charge on any atom is 0.00734 e. The molecule has 0 aromatic rings. The summed E-state index contributed by atoms with van der Waals surface area (Å²) in [4.78, 5) is 0. The van der Waals surface area contributed by atoms with Crippen LogP contribution in [0.1, 0.15) is 54.9 Å². The molecule has 9 atom stereocenters. The highest BCUT2D eigenvalue weighted by molar-refractivity contribution is 5.33. The Hall–Kier alpha value is -0.740. The van der Waals surface area contributed by atoms with E-state index in [0.29, 0.717) is 34.5 Å². The van der Waals surface area contributed by atoms with Crippen molar-refractivity contribution in [2.75, 3.05) is 0 Å². The van der Waals surface area contributed by atoms with Crippen molar-refractivity contribution in [1.82, 2.24) is 0 Å². The zero-order valence-corrected chi connectivity index (χ0v) is 15.7. The maximum atomic E-state index is 4.28. The van der Waals surface area contributed by atoms with E-state index in [9.17, 15) is 0 Å². The Labute approximate surface area is 137 Å². The van der Waals surface area contributed by atoms with Crippen LogP contribution in [0.15, 0.2) is 31.0 Å². The molecule has 2 bridgehead atoms. The Morgan fingerprint density at radius 3 is 2.09 bits per heavy atom. The van der Waals surface area contributed by atoms with Gasteiger partial charge in [-0.25, -0.2) is 0 Å². The zero-order valence-electron chi connectivity index (χ0n) is 15.7. The van der Waals surface area contributed by atoms with Gasteiger partial charge in [0, 0.05) is 5.41 Å². The molecule has 0 N–H and O–H groups in total. The summed E-state index contributed by atoms with van der Waals surface area (Å²) in [5.41, 5.74) is 4.39. The molecule has 0 saturated heterocycles. The smallest absolute Gasteiger partial charge is 0.00734 e. The van der Waals surface area contributed by atoms with Crippen LogP contribution in [0.3, 0.4) is 0 Å². The summed E-state index contributed by atoms with van der Waals surface area (Å²) in [5.74, 6) is 3.49. The average Bonchev–Trinajstić information content (AvgIpc) is 2.62. The maximum absolute atomic E-state index is 4.28. The number of hydrogen-bond acceptors (Lipinski definition) is 0. The number of allylic oxidation sites excluding steroid dienone is 2. The van der Waals surface area contributed by atoms with E-state index < -0.39 is 0 Å². The minimum atomic E-state index is 0.207. The van der Waals surface area contributed by atoms with Gasteiger partial charge in [0.05, 0.1) is 0 Å². The molecule has 0 aliphatic heterocycles. The fraction of sp³-hybridized carbons (Fsp3) is 0.773. The van der Waals surface area contributed by atoms with Crippen molar-refractivity contribution in [3.8, 4) is 0 Å². The fourth-order valence-corrected chi connectivity index (χ4v) is 8.16. The van der Waals surface area contributed by atoms with E-state index in [1.807, 2.05) is 0 Å². The Morgan fingerprint density at radius 2 is 1.64 bits per heavy atom. The standard InChI is InChI=1S/C22H34/c1-10-12-22-14(3)13-20(22,8)17(6)21(9)16(5)18(22)15(4)19(21,7)11-2/h11-12,14-18H,1-2,13H2,3-9H3. The molecule has 22 heavy (non-hydrogen) atoms. The van der Waals surface area contributed by atoms with Gasteiger partial charge < -0.3 is 0 Å². The molecule has 122 valence electrons. The third-order valence-corrected chi connectivity index (χ3v) is 9.84. The predicted molar refractivity (Wildman–Crippen MR) is 95.4 cm³/mol. The van der Waals surface area contributed by atoms with E-state index >= 15 is 0 Å². The summed E-state index contributed by atoms with van der Waals surface area (Å²) < 4.78 is 0. The molecule has 0 aromatic carbocycles. The largest absolute Gasteiger partial charge is 0.132 e. The first kappa shape index (κ1) is 16.1. The van der Waals surface area contributed by atoms with E-state index in [4.69, 9.17) is 0 Å². The van der Waals surface area contributed by atoms with Crippen LogP contribution in [0.4, 0.5) is 0 Å². The van der Waals surface area contributed by atoms with Crippen molar-refractivity contribution < 1.29 is 0 Å². The van der Waals surface area contributed by atoms with Crippen LogP contribution in [-0.4, -0.2) is 0 Å². The number of hydrogen-bond donors (Lipinski definition) is 0. The first-order valence-corrected chi connectivity index (χ1v) is 9.10. The van der Waals surface area contributed by atoms with Crippen molar-refractivity contribution in [2.45, 2.75) is 54.9 Å². The summed E-state index contributed by atoms with van der Waals surface area (Å²) >= 11 is 0. The minimum absolute atomic E-state index is 0.207. The molecule has 3 rings (SSSR count). The second-order valence-electron chi connectivity index (χ2n) is 9.40. The van der Waals surface area contributed by atoms with Crippen LogP contribution in [0.25, 0.3) is 0 Å². The Balaban J connectivity index is 2.33. The molecule has 9 unspecified atom stereocenters. The van der Waals surface area contributed by atoms with Gasteiger partial charge in [-0.2, -0.15) is 0 Å². The molecular formula is C22H34. The van der Waals surface area contributed by atoms with Gasteiger partial charge in [-0.1, -0.05) is 61.1 Å². The normalized spacial score (nSPS) is 62.6. The summed E-state index contributed by atoms with van der Waals surface area (Å²) in [6, 6.07) is 0. The number of rotatable bonds is 2. The van der Waals surface area contributed by atoms with Crippen LogP contribution < -0.4 is 0 Å². The van der Waals surface area contributed by atoms with E-state index in [1.165, 1.54) is 6.42 Å². The molecule has 0 nitrogen and oxygen atoms in total. The van der Waals surface area contributed by atoms with Crippen LogP contribution >= 0.6 is 0 Å². The van der Waals surface area contributed by atoms with Gasteiger partial charge in [0.25, 0.3) is 0 Å². The lowest BCUT2D eigenvalue weighted by molar-refractivity contribution is -0.237. The second-order valence-corrected chi connectivity index (χ2v) is 9.40. The van der Waals surface area contributed by atoms with Crippen molar-refractivity contribution in [2.24, 2.45) is 51.2 Å². The average molecular weight is 299 g/mol. The molecule has 3 aliphatic rings. The molecule has 3 saturated carbocycles. The molecule has 0 heteroatoms. The van der Waals surface area contributed by atoms with Crippen molar-refractivity contribution in [3.63, 3.8) is 0 Å². The molecule has 0 amide bonds. The monoisotopic (exact) mass is 298 g/mol. The quantitative estimate of drug-likeness (QED) is 0.426. The second kappa shape index (κ2) is 4.21. The highest BCUT2D eigenvalue weighted by atomic mass is 14.8. The van der Waals surface area contributed by atoms with Crippen LogP contribution in [0.5, 0.6) is 0 Å². The van der Waals surface area contributed by atoms with Crippen molar-refractivity contribution in [3.05, 3.63) is 31.0 Å².